The van der Waals surface area contributed by atoms with Gasteiger partial charge in [-0.2, -0.15) is 0 Å². The standard InChI is InChI=1S/C19H15N5O5/c1-11-4-3-5-16-20-15(10-23(11)16)19(25)28-12(2)17-21-22-18(29-17)13-6-8-14(9-7-13)24(26)27/h3-10,12H,1-2H3. The molecule has 146 valence electrons. The molecular formula is C19H15N5O5. The van der Waals surface area contributed by atoms with Gasteiger partial charge in [0.05, 0.1) is 4.92 Å². The lowest BCUT2D eigenvalue weighted by Crippen LogP contribution is -2.10. The lowest BCUT2D eigenvalue weighted by molar-refractivity contribution is -0.384. The molecule has 0 bridgehead atoms. The SMILES string of the molecule is Cc1cccc2nc(C(=O)OC(C)c3nnc(-c4ccc([N+](=O)[O-])cc4)o3)cn12. The van der Waals surface area contributed by atoms with Crippen LogP contribution in [0.15, 0.2) is 53.1 Å². The third-order valence-corrected chi connectivity index (χ3v) is 4.30. The van der Waals surface area contributed by atoms with E-state index in [4.69, 9.17) is 9.15 Å². The monoisotopic (exact) mass is 393 g/mol. The number of benzene rings is 1. The van der Waals surface area contributed by atoms with Gasteiger partial charge in [0.15, 0.2) is 11.8 Å². The predicted octanol–water partition coefficient (Wildman–Crippen LogP) is 3.52. The average Bonchev–Trinajstić information content (AvgIpc) is 3.36. The number of carbonyl (C=O) groups excluding carboxylic acids is 1. The highest BCUT2D eigenvalue weighted by Gasteiger charge is 2.22. The van der Waals surface area contributed by atoms with Crippen molar-refractivity contribution in [2.75, 3.05) is 0 Å². The number of nitrogens with zero attached hydrogens (tertiary/aromatic N) is 5. The predicted molar refractivity (Wildman–Crippen MR) is 100 cm³/mol. The van der Waals surface area contributed by atoms with E-state index in [1.165, 1.54) is 24.3 Å². The number of esters is 1. The summed E-state index contributed by atoms with van der Waals surface area (Å²) in [6, 6.07) is 11.2. The smallest absolute Gasteiger partial charge is 0.359 e. The molecular weight excluding hydrogens is 378 g/mol. The lowest BCUT2D eigenvalue weighted by atomic mass is 10.2. The molecule has 1 aromatic carbocycles. The number of nitro benzene ring substituents is 1. The maximum Gasteiger partial charge on any atom is 0.359 e. The third-order valence-electron chi connectivity index (χ3n) is 4.30. The number of hydrogen-bond donors (Lipinski definition) is 0. The molecule has 3 heterocycles. The third kappa shape index (κ3) is 3.55. The molecule has 0 spiro atoms. The van der Waals surface area contributed by atoms with Crippen LogP contribution in [-0.4, -0.2) is 30.5 Å². The Morgan fingerprint density at radius 1 is 1.21 bits per heavy atom. The van der Waals surface area contributed by atoms with Crippen molar-refractivity contribution in [1.29, 1.82) is 0 Å². The van der Waals surface area contributed by atoms with Crippen molar-refractivity contribution in [3.8, 4) is 11.5 Å². The molecule has 0 saturated heterocycles. The lowest BCUT2D eigenvalue weighted by Gasteiger charge is -2.07. The highest BCUT2D eigenvalue weighted by Crippen LogP contribution is 2.25. The van der Waals surface area contributed by atoms with E-state index in [1.807, 2.05) is 19.1 Å². The fourth-order valence-corrected chi connectivity index (χ4v) is 2.76. The van der Waals surface area contributed by atoms with Crippen LogP contribution in [0.5, 0.6) is 0 Å². The maximum absolute atomic E-state index is 12.4. The van der Waals surface area contributed by atoms with Gasteiger partial charge in [-0.05, 0) is 38.1 Å². The van der Waals surface area contributed by atoms with Crippen molar-refractivity contribution in [2.24, 2.45) is 0 Å². The average molecular weight is 393 g/mol. The number of aryl methyl sites for hydroxylation is 1. The molecule has 1 atom stereocenters. The molecule has 0 saturated carbocycles. The fourth-order valence-electron chi connectivity index (χ4n) is 2.76. The van der Waals surface area contributed by atoms with Gasteiger partial charge < -0.3 is 13.6 Å². The van der Waals surface area contributed by atoms with Gasteiger partial charge in [0, 0.05) is 29.6 Å². The van der Waals surface area contributed by atoms with E-state index in [2.05, 4.69) is 15.2 Å². The Bertz CT molecular complexity index is 1210. The van der Waals surface area contributed by atoms with E-state index in [0.29, 0.717) is 11.2 Å². The van der Waals surface area contributed by atoms with Crippen LogP contribution in [0.2, 0.25) is 0 Å². The van der Waals surface area contributed by atoms with Gasteiger partial charge in [0.1, 0.15) is 5.65 Å². The van der Waals surface area contributed by atoms with Crippen LogP contribution < -0.4 is 0 Å². The van der Waals surface area contributed by atoms with E-state index < -0.39 is 17.0 Å². The first-order valence-corrected chi connectivity index (χ1v) is 8.66. The first kappa shape index (κ1) is 18.3. The number of pyridine rings is 1. The zero-order chi connectivity index (χ0) is 20.5. The van der Waals surface area contributed by atoms with Crippen LogP contribution in [0.25, 0.3) is 17.1 Å². The van der Waals surface area contributed by atoms with E-state index in [0.717, 1.165) is 5.69 Å². The van der Waals surface area contributed by atoms with Crippen LogP contribution in [0, 0.1) is 17.0 Å². The molecule has 3 aromatic heterocycles. The summed E-state index contributed by atoms with van der Waals surface area (Å²) in [5.74, 6) is -0.344. The Morgan fingerprint density at radius 2 is 1.97 bits per heavy atom. The minimum Gasteiger partial charge on any atom is -0.448 e. The molecule has 10 heteroatoms. The summed E-state index contributed by atoms with van der Waals surface area (Å²) >= 11 is 0. The minimum atomic E-state index is -0.798. The first-order valence-electron chi connectivity index (χ1n) is 8.66. The zero-order valence-electron chi connectivity index (χ0n) is 15.5. The van der Waals surface area contributed by atoms with Crippen LogP contribution >= 0.6 is 0 Å². The second-order valence-electron chi connectivity index (χ2n) is 6.32. The van der Waals surface area contributed by atoms with Gasteiger partial charge >= 0.3 is 5.97 Å². The van der Waals surface area contributed by atoms with Crippen LogP contribution in [0.1, 0.15) is 35.1 Å². The summed E-state index contributed by atoms with van der Waals surface area (Å²) in [7, 11) is 0. The summed E-state index contributed by atoms with van der Waals surface area (Å²) in [6.45, 7) is 3.51. The molecule has 4 rings (SSSR count). The van der Waals surface area contributed by atoms with Gasteiger partial charge in [0.2, 0.25) is 5.89 Å². The Morgan fingerprint density at radius 3 is 2.66 bits per heavy atom. The maximum atomic E-state index is 12.4. The molecule has 1 unspecified atom stereocenters. The highest BCUT2D eigenvalue weighted by molar-refractivity contribution is 5.88. The van der Waals surface area contributed by atoms with Gasteiger partial charge in [-0.1, -0.05) is 6.07 Å². The summed E-state index contributed by atoms with van der Waals surface area (Å²) in [4.78, 5) is 26.9. The number of non-ortho nitro benzene ring substituents is 1. The molecule has 4 aromatic rings. The summed E-state index contributed by atoms with van der Waals surface area (Å²) in [6.07, 6.45) is 0.809. The number of aromatic nitrogens is 4. The van der Waals surface area contributed by atoms with Gasteiger partial charge in [-0.15, -0.1) is 10.2 Å². The fraction of sp³-hybridized carbons (Fsp3) is 0.158. The number of ether oxygens (including phenoxy) is 1. The number of hydrogen-bond acceptors (Lipinski definition) is 8. The Labute approximate surface area is 163 Å². The first-order chi connectivity index (χ1) is 13.9. The molecule has 0 aliphatic carbocycles. The van der Waals surface area contributed by atoms with E-state index in [-0.39, 0.29) is 23.2 Å². The van der Waals surface area contributed by atoms with Crippen molar-refractivity contribution in [3.63, 3.8) is 0 Å². The Kier molecular flexibility index (Phi) is 4.51. The zero-order valence-corrected chi connectivity index (χ0v) is 15.5. The summed E-state index contributed by atoms with van der Waals surface area (Å²) < 4.78 is 12.7. The van der Waals surface area contributed by atoms with Gasteiger partial charge in [-0.3, -0.25) is 10.1 Å². The highest BCUT2D eigenvalue weighted by atomic mass is 16.6. The van der Waals surface area contributed by atoms with Crippen molar-refractivity contribution in [1.82, 2.24) is 19.6 Å². The van der Waals surface area contributed by atoms with Crippen molar-refractivity contribution < 1.29 is 18.9 Å². The molecule has 0 fully saturated rings. The quantitative estimate of drug-likeness (QED) is 0.286. The Balaban J connectivity index is 1.49. The number of rotatable bonds is 5. The summed E-state index contributed by atoms with van der Waals surface area (Å²) in [5, 5.41) is 18.5. The van der Waals surface area contributed by atoms with Crippen molar-refractivity contribution in [2.45, 2.75) is 20.0 Å². The molecule has 0 aliphatic heterocycles. The molecule has 0 radical (unpaired) electrons. The van der Waals surface area contributed by atoms with E-state index >= 15 is 0 Å². The second-order valence-corrected chi connectivity index (χ2v) is 6.32. The minimum absolute atomic E-state index is 0.0431. The number of fused-ring (bicyclic) bond motifs is 1. The van der Waals surface area contributed by atoms with Crippen LogP contribution in [0.3, 0.4) is 0 Å². The number of nitro groups is 1. The Hall–Kier alpha value is -4.08. The van der Waals surface area contributed by atoms with Crippen LogP contribution in [-0.2, 0) is 4.74 Å². The molecule has 29 heavy (non-hydrogen) atoms. The topological polar surface area (TPSA) is 126 Å². The second kappa shape index (κ2) is 7.15. The summed E-state index contributed by atoms with van der Waals surface area (Å²) in [5.41, 5.74) is 2.22. The van der Waals surface area contributed by atoms with E-state index in [1.54, 1.807) is 23.6 Å². The van der Waals surface area contributed by atoms with Crippen LogP contribution in [0.4, 0.5) is 5.69 Å². The normalized spacial score (nSPS) is 12.1. The van der Waals surface area contributed by atoms with Crippen molar-refractivity contribution >= 4 is 17.3 Å². The molecule has 0 aliphatic rings. The number of imidazole rings is 1. The van der Waals surface area contributed by atoms with Gasteiger partial charge in [-0.25, -0.2) is 9.78 Å². The molecule has 0 amide bonds. The molecule has 0 N–H and O–H groups in total. The van der Waals surface area contributed by atoms with Crippen molar-refractivity contribution in [3.05, 3.63) is 76.1 Å². The van der Waals surface area contributed by atoms with Gasteiger partial charge in [0.25, 0.3) is 11.6 Å². The molecule has 10 nitrogen and oxygen atoms in total. The largest absolute Gasteiger partial charge is 0.448 e. The van der Waals surface area contributed by atoms with E-state index in [9.17, 15) is 14.9 Å². The number of carbonyl (C=O) groups is 1.